The van der Waals surface area contributed by atoms with Gasteiger partial charge in [0, 0.05) is 18.3 Å². The number of aliphatic hydroxyl groups excluding tert-OH is 1. The van der Waals surface area contributed by atoms with Crippen LogP contribution < -0.4 is 4.90 Å². The minimum Gasteiger partial charge on any atom is -0.388 e. The maximum Gasteiger partial charge on any atom is 0.0787 e. The fourth-order valence-corrected chi connectivity index (χ4v) is 3.20. The first-order chi connectivity index (χ1) is 9.61. The zero-order chi connectivity index (χ0) is 14.5. The first kappa shape index (κ1) is 15.4. The van der Waals surface area contributed by atoms with Crippen LogP contribution in [0.5, 0.6) is 0 Å². The standard InChI is InChI=1S/C18H29NO/c1-4-18(20)15-9-11-17(12-10-15)19(13-14(2)3)16-7-5-6-8-16/h9-12,14,16,18,20H,4-8,13H2,1-3H3/t18-/m0/s1. The van der Waals surface area contributed by atoms with Gasteiger partial charge in [0.1, 0.15) is 0 Å². The first-order valence-electron chi connectivity index (χ1n) is 8.16. The van der Waals surface area contributed by atoms with Crippen LogP contribution in [0.25, 0.3) is 0 Å². The molecule has 2 heteroatoms. The molecule has 0 aliphatic heterocycles. The Hall–Kier alpha value is -1.02. The van der Waals surface area contributed by atoms with E-state index in [1.807, 2.05) is 6.92 Å². The zero-order valence-electron chi connectivity index (χ0n) is 13.2. The van der Waals surface area contributed by atoms with E-state index in [4.69, 9.17) is 0 Å². The van der Waals surface area contributed by atoms with E-state index in [0.717, 1.165) is 18.5 Å². The molecule has 1 aromatic rings. The summed E-state index contributed by atoms with van der Waals surface area (Å²) >= 11 is 0. The summed E-state index contributed by atoms with van der Waals surface area (Å²) in [6, 6.07) is 9.26. The largest absolute Gasteiger partial charge is 0.388 e. The molecular weight excluding hydrogens is 246 g/mol. The first-order valence-corrected chi connectivity index (χ1v) is 8.16. The lowest BCUT2D eigenvalue weighted by atomic mass is 10.0. The molecule has 0 aromatic heterocycles. The maximum absolute atomic E-state index is 9.90. The molecule has 0 bridgehead atoms. The average Bonchev–Trinajstić information content (AvgIpc) is 2.98. The molecular formula is C18H29NO. The molecule has 2 rings (SSSR count). The van der Waals surface area contributed by atoms with Gasteiger partial charge < -0.3 is 10.0 Å². The summed E-state index contributed by atoms with van der Waals surface area (Å²) in [5.74, 6) is 0.677. The van der Waals surface area contributed by atoms with E-state index in [-0.39, 0.29) is 6.10 Å². The number of aliphatic hydroxyl groups is 1. The molecule has 0 heterocycles. The fourth-order valence-electron chi connectivity index (χ4n) is 3.20. The zero-order valence-corrected chi connectivity index (χ0v) is 13.2. The van der Waals surface area contributed by atoms with Crippen LogP contribution in [0.15, 0.2) is 24.3 Å². The highest BCUT2D eigenvalue weighted by atomic mass is 16.3. The van der Waals surface area contributed by atoms with Gasteiger partial charge in [-0.3, -0.25) is 0 Å². The summed E-state index contributed by atoms with van der Waals surface area (Å²) in [5, 5.41) is 9.90. The van der Waals surface area contributed by atoms with Crippen molar-refractivity contribution in [3.8, 4) is 0 Å². The molecule has 0 radical (unpaired) electrons. The number of hydrogen-bond acceptors (Lipinski definition) is 2. The van der Waals surface area contributed by atoms with Gasteiger partial charge in [-0.15, -0.1) is 0 Å². The molecule has 1 aromatic carbocycles. The van der Waals surface area contributed by atoms with Crippen molar-refractivity contribution in [3.63, 3.8) is 0 Å². The maximum atomic E-state index is 9.90. The van der Waals surface area contributed by atoms with Crippen LogP contribution in [0.4, 0.5) is 5.69 Å². The van der Waals surface area contributed by atoms with Gasteiger partial charge >= 0.3 is 0 Å². The monoisotopic (exact) mass is 275 g/mol. The molecule has 1 aliphatic carbocycles. The summed E-state index contributed by atoms with van der Waals surface area (Å²) in [5.41, 5.74) is 2.35. The number of anilines is 1. The predicted molar refractivity (Wildman–Crippen MR) is 86.1 cm³/mol. The quantitative estimate of drug-likeness (QED) is 0.824. The van der Waals surface area contributed by atoms with Crippen LogP contribution >= 0.6 is 0 Å². The Labute approximate surface area is 123 Å². The molecule has 1 aliphatic rings. The molecule has 2 nitrogen and oxygen atoms in total. The third-order valence-electron chi connectivity index (χ3n) is 4.32. The van der Waals surface area contributed by atoms with Crippen molar-refractivity contribution < 1.29 is 5.11 Å². The van der Waals surface area contributed by atoms with Crippen LogP contribution in [0.1, 0.15) is 64.5 Å². The predicted octanol–water partition coefficient (Wildman–Crippen LogP) is 4.54. The molecule has 1 atom stereocenters. The normalized spacial score (nSPS) is 17.6. The van der Waals surface area contributed by atoms with Crippen molar-refractivity contribution in [2.75, 3.05) is 11.4 Å². The second kappa shape index (κ2) is 7.12. The molecule has 1 saturated carbocycles. The molecule has 112 valence electrons. The summed E-state index contributed by atoms with van der Waals surface area (Å²) < 4.78 is 0. The van der Waals surface area contributed by atoms with Gasteiger partial charge in [-0.2, -0.15) is 0 Å². The number of rotatable bonds is 6. The SMILES string of the molecule is CC[C@H](O)c1ccc(N(CC(C)C)C2CCCC2)cc1. The Bertz CT molecular complexity index is 392. The highest BCUT2D eigenvalue weighted by Crippen LogP contribution is 2.30. The Morgan fingerprint density at radius 2 is 1.75 bits per heavy atom. The van der Waals surface area contributed by atoms with Crippen LogP contribution in [-0.4, -0.2) is 17.7 Å². The molecule has 0 spiro atoms. The number of nitrogens with zero attached hydrogens (tertiary/aromatic N) is 1. The van der Waals surface area contributed by atoms with Crippen LogP contribution in [0, 0.1) is 5.92 Å². The molecule has 0 amide bonds. The van der Waals surface area contributed by atoms with Gasteiger partial charge in [0.25, 0.3) is 0 Å². The lowest BCUT2D eigenvalue weighted by Crippen LogP contribution is -2.36. The fraction of sp³-hybridized carbons (Fsp3) is 0.667. The van der Waals surface area contributed by atoms with Crippen LogP contribution in [0.2, 0.25) is 0 Å². The van der Waals surface area contributed by atoms with Crippen molar-refractivity contribution in [1.82, 2.24) is 0 Å². The van der Waals surface area contributed by atoms with Gasteiger partial charge in [-0.25, -0.2) is 0 Å². The van der Waals surface area contributed by atoms with Crippen LogP contribution in [-0.2, 0) is 0 Å². The second-order valence-electron chi connectivity index (χ2n) is 6.50. The van der Waals surface area contributed by atoms with Crippen molar-refractivity contribution in [1.29, 1.82) is 0 Å². The van der Waals surface area contributed by atoms with E-state index >= 15 is 0 Å². The molecule has 1 fully saturated rings. The topological polar surface area (TPSA) is 23.5 Å². The highest BCUT2D eigenvalue weighted by Gasteiger charge is 2.23. The number of hydrogen-bond donors (Lipinski definition) is 1. The van der Waals surface area contributed by atoms with Crippen LogP contribution in [0.3, 0.4) is 0 Å². The van der Waals surface area contributed by atoms with Crippen molar-refractivity contribution in [3.05, 3.63) is 29.8 Å². The second-order valence-corrected chi connectivity index (χ2v) is 6.50. The lowest BCUT2D eigenvalue weighted by Gasteiger charge is -2.33. The summed E-state index contributed by atoms with van der Waals surface area (Å²) in [4.78, 5) is 2.58. The van der Waals surface area contributed by atoms with Crippen molar-refractivity contribution in [2.24, 2.45) is 5.92 Å². The lowest BCUT2D eigenvalue weighted by molar-refractivity contribution is 0.173. The molecule has 1 N–H and O–H groups in total. The minimum absolute atomic E-state index is 0.325. The van der Waals surface area contributed by atoms with E-state index in [0.29, 0.717) is 12.0 Å². The third-order valence-corrected chi connectivity index (χ3v) is 4.32. The summed E-state index contributed by atoms with van der Waals surface area (Å²) in [6.45, 7) is 7.72. The van der Waals surface area contributed by atoms with E-state index in [9.17, 15) is 5.11 Å². The van der Waals surface area contributed by atoms with E-state index < -0.39 is 0 Å². The Morgan fingerprint density at radius 1 is 1.15 bits per heavy atom. The van der Waals surface area contributed by atoms with Crippen molar-refractivity contribution >= 4 is 5.69 Å². The van der Waals surface area contributed by atoms with E-state index in [2.05, 4.69) is 43.0 Å². The van der Waals surface area contributed by atoms with Crippen molar-refractivity contribution in [2.45, 2.75) is 65.0 Å². The minimum atomic E-state index is -0.325. The van der Waals surface area contributed by atoms with Gasteiger partial charge in [0.05, 0.1) is 6.10 Å². The molecule has 20 heavy (non-hydrogen) atoms. The Morgan fingerprint density at radius 3 is 2.25 bits per heavy atom. The Balaban J connectivity index is 2.15. The van der Waals surface area contributed by atoms with Gasteiger partial charge in [0.15, 0.2) is 0 Å². The summed E-state index contributed by atoms with van der Waals surface area (Å²) in [7, 11) is 0. The third kappa shape index (κ3) is 3.76. The average molecular weight is 275 g/mol. The van der Waals surface area contributed by atoms with E-state index in [1.54, 1.807) is 0 Å². The highest BCUT2D eigenvalue weighted by molar-refractivity contribution is 5.49. The Kier molecular flexibility index (Phi) is 5.47. The van der Waals surface area contributed by atoms with Gasteiger partial charge in [-0.05, 0) is 42.9 Å². The molecule has 0 unspecified atom stereocenters. The molecule has 0 saturated heterocycles. The van der Waals surface area contributed by atoms with E-state index in [1.165, 1.54) is 31.4 Å². The number of benzene rings is 1. The summed E-state index contributed by atoms with van der Waals surface area (Å²) in [6.07, 6.45) is 5.84. The van der Waals surface area contributed by atoms with Gasteiger partial charge in [0.2, 0.25) is 0 Å². The van der Waals surface area contributed by atoms with Gasteiger partial charge in [-0.1, -0.05) is 45.7 Å². The smallest absolute Gasteiger partial charge is 0.0787 e.